The van der Waals surface area contributed by atoms with Crippen molar-refractivity contribution in [1.82, 2.24) is 14.9 Å². The topological polar surface area (TPSA) is 142 Å². The Morgan fingerprint density at radius 1 is 1.12 bits per heavy atom. The molecule has 40 heavy (non-hydrogen) atoms. The van der Waals surface area contributed by atoms with Crippen molar-refractivity contribution in [2.75, 3.05) is 32.8 Å². The lowest BCUT2D eigenvalue weighted by atomic mass is 9.99. The summed E-state index contributed by atoms with van der Waals surface area (Å²) in [5.41, 5.74) is 4.25. The normalized spacial score (nSPS) is 14.4. The summed E-state index contributed by atoms with van der Waals surface area (Å²) < 4.78 is 47.6. The van der Waals surface area contributed by atoms with E-state index in [-0.39, 0.29) is 11.9 Å². The fraction of sp³-hybridized carbons (Fsp3) is 0.393. The SMILES string of the molecule is CCN(CCCOc1ccc(-c2cccc(S(=O)(=O)C3CC3)c2)c2c1[nH]c1ncc(C)cc12)CCOP(=O)(O)O. The molecule has 214 valence electrons. The second kappa shape index (κ2) is 11.6. The summed E-state index contributed by atoms with van der Waals surface area (Å²) in [6, 6.07) is 13.1. The largest absolute Gasteiger partial charge is 0.491 e. The molecule has 2 aromatic carbocycles. The number of hydrogen-bond acceptors (Lipinski definition) is 7. The molecule has 0 spiro atoms. The Morgan fingerprint density at radius 2 is 1.93 bits per heavy atom. The number of hydrogen-bond donors (Lipinski definition) is 3. The van der Waals surface area contributed by atoms with Gasteiger partial charge in [-0.1, -0.05) is 19.1 Å². The molecule has 0 saturated heterocycles. The first-order chi connectivity index (χ1) is 19.1. The number of aryl methyl sites for hydroxylation is 1. The van der Waals surface area contributed by atoms with Gasteiger partial charge in [-0.2, -0.15) is 0 Å². The maximum Gasteiger partial charge on any atom is 0.469 e. The van der Waals surface area contributed by atoms with E-state index in [1.807, 2.05) is 36.9 Å². The fourth-order valence-corrected chi connectivity index (χ4v) is 6.95. The van der Waals surface area contributed by atoms with Crippen molar-refractivity contribution in [3.05, 3.63) is 54.2 Å². The number of rotatable bonds is 13. The minimum absolute atomic E-state index is 0.0499. The van der Waals surface area contributed by atoms with Crippen molar-refractivity contribution in [3.8, 4) is 16.9 Å². The molecule has 1 saturated carbocycles. The average molecular weight is 588 g/mol. The highest BCUT2D eigenvalue weighted by Gasteiger charge is 2.37. The van der Waals surface area contributed by atoms with Gasteiger partial charge in [0.15, 0.2) is 9.84 Å². The first-order valence-electron chi connectivity index (χ1n) is 13.4. The summed E-state index contributed by atoms with van der Waals surface area (Å²) in [5.74, 6) is 0.670. The first kappa shape index (κ1) is 28.7. The lowest BCUT2D eigenvalue weighted by Gasteiger charge is -2.20. The summed E-state index contributed by atoms with van der Waals surface area (Å²) in [6.45, 7) is 6.14. The predicted molar refractivity (Wildman–Crippen MR) is 154 cm³/mol. The molecule has 4 aromatic rings. The van der Waals surface area contributed by atoms with Crippen molar-refractivity contribution in [2.45, 2.75) is 43.3 Å². The monoisotopic (exact) mass is 587 g/mol. The number of fused-ring (bicyclic) bond motifs is 3. The molecule has 0 aliphatic heterocycles. The quantitative estimate of drug-likeness (QED) is 0.148. The van der Waals surface area contributed by atoms with Crippen LogP contribution < -0.4 is 4.74 Å². The van der Waals surface area contributed by atoms with E-state index >= 15 is 0 Å². The highest BCUT2D eigenvalue weighted by atomic mass is 32.2. The highest BCUT2D eigenvalue weighted by molar-refractivity contribution is 7.92. The van der Waals surface area contributed by atoms with Gasteiger partial charge >= 0.3 is 7.82 Å². The number of phosphoric ester groups is 1. The van der Waals surface area contributed by atoms with Crippen molar-refractivity contribution in [1.29, 1.82) is 0 Å². The number of H-pyrrole nitrogens is 1. The minimum atomic E-state index is -4.47. The zero-order valence-corrected chi connectivity index (χ0v) is 24.2. The van der Waals surface area contributed by atoms with Gasteiger partial charge in [0.25, 0.3) is 0 Å². The number of benzene rings is 2. The second-order valence-corrected chi connectivity index (χ2v) is 13.6. The van der Waals surface area contributed by atoms with Crippen molar-refractivity contribution >= 4 is 39.6 Å². The van der Waals surface area contributed by atoms with Crippen LogP contribution >= 0.6 is 7.82 Å². The molecule has 0 atom stereocenters. The van der Waals surface area contributed by atoms with Crippen LogP contribution in [0.5, 0.6) is 5.75 Å². The summed E-state index contributed by atoms with van der Waals surface area (Å²) in [7, 11) is -7.80. The number of pyridine rings is 1. The maximum atomic E-state index is 12.9. The number of nitrogens with zero attached hydrogens (tertiary/aromatic N) is 2. The van der Waals surface area contributed by atoms with Crippen LogP contribution in [0.25, 0.3) is 33.1 Å². The van der Waals surface area contributed by atoms with E-state index < -0.39 is 17.7 Å². The fourth-order valence-electron chi connectivity index (χ4n) is 4.92. The van der Waals surface area contributed by atoms with Crippen LogP contribution in [-0.2, 0) is 18.9 Å². The summed E-state index contributed by atoms with van der Waals surface area (Å²) in [4.78, 5) is 28.1. The standard InChI is InChI=1S/C28H34N3O7PS/c1-3-31(13-15-38-39(32,33)34)12-5-14-37-25-11-10-23(26-24-16-19(2)18-29-28(24)30-27(25)26)20-6-4-7-22(17-20)40(35,36)21-8-9-21/h4,6-7,10-11,16-18,21H,3,5,8-9,12-15H2,1-2H3,(H,29,30)(H2,32,33,34). The molecule has 2 heterocycles. The van der Waals surface area contributed by atoms with E-state index in [1.54, 1.807) is 24.4 Å². The van der Waals surface area contributed by atoms with Crippen molar-refractivity contribution in [3.63, 3.8) is 0 Å². The van der Waals surface area contributed by atoms with Gasteiger partial charge in [0, 0.05) is 30.1 Å². The third kappa shape index (κ3) is 6.40. The molecular formula is C28H34N3O7PS. The van der Waals surface area contributed by atoms with E-state index in [0.717, 1.165) is 38.6 Å². The Bertz CT molecular complexity index is 1680. The molecule has 0 radical (unpaired) electrons. The van der Waals surface area contributed by atoms with Crippen LogP contribution in [0.1, 0.15) is 31.7 Å². The highest BCUT2D eigenvalue weighted by Crippen LogP contribution is 2.41. The number of sulfone groups is 1. The molecule has 10 nitrogen and oxygen atoms in total. The number of ether oxygens (including phenoxy) is 1. The Labute approximate surface area is 233 Å². The summed E-state index contributed by atoms with van der Waals surface area (Å²) in [6.07, 6.45) is 3.93. The minimum Gasteiger partial charge on any atom is -0.491 e. The van der Waals surface area contributed by atoms with Crippen LogP contribution in [0.3, 0.4) is 0 Å². The molecule has 1 fully saturated rings. The number of nitrogens with one attached hydrogen (secondary N) is 1. The van der Waals surface area contributed by atoms with Gasteiger partial charge in [-0.25, -0.2) is 18.0 Å². The Hall–Kier alpha value is -2.79. The molecule has 0 bridgehead atoms. The van der Waals surface area contributed by atoms with Crippen LogP contribution in [0.2, 0.25) is 0 Å². The number of likely N-dealkylation sites (N-methyl/N-ethyl adjacent to an activating group) is 1. The summed E-state index contributed by atoms with van der Waals surface area (Å²) in [5, 5.41) is 1.59. The van der Waals surface area contributed by atoms with Gasteiger partial charge in [-0.3, -0.25) is 4.52 Å². The zero-order chi connectivity index (χ0) is 28.5. The third-order valence-corrected chi connectivity index (χ3v) is 9.91. The van der Waals surface area contributed by atoms with E-state index in [9.17, 15) is 13.0 Å². The van der Waals surface area contributed by atoms with Crippen LogP contribution in [0.15, 0.2) is 53.6 Å². The Kier molecular flexibility index (Phi) is 8.33. The number of aromatic amines is 1. The molecule has 1 aliphatic carbocycles. The molecule has 0 amide bonds. The van der Waals surface area contributed by atoms with Gasteiger partial charge < -0.3 is 24.4 Å². The Morgan fingerprint density at radius 3 is 2.65 bits per heavy atom. The molecule has 5 rings (SSSR count). The number of aromatic nitrogens is 2. The Balaban J connectivity index is 1.40. The van der Waals surface area contributed by atoms with Crippen molar-refractivity contribution < 1.29 is 32.0 Å². The molecule has 0 unspecified atom stereocenters. The third-order valence-electron chi connectivity index (χ3n) is 7.13. The van der Waals surface area contributed by atoms with Crippen LogP contribution in [0.4, 0.5) is 0 Å². The first-order valence-corrected chi connectivity index (χ1v) is 16.4. The molecule has 3 N–H and O–H groups in total. The van der Waals surface area contributed by atoms with Gasteiger partial charge in [0.1, 0.15) is 11.4 Å². The van der Waals surface area contributed by atoms with Gasteiger partial charge in [0.05, 0.1) is 28.9 Å². The van der Waals surface area contributed by atoms with E-state index in [4.69, 9.17) is 14.5 Å². The lowest BCUT2D eigenvalue weighted by Crippen LogP contribution is -2.29. The second-order valence-electron chi connectivity index (χ2n) is 10.1. The van der Waals surface area contributed by atoms with Crippen LogP contribution in [-0.4, -0.2) is 71.2 Å². The van der Waals surface area contributed by atoms with E-state index in [0.29, 0.717) is 56.1 Å². The van der Waals surface area contributed by atoms with Gasteiger partial charge in [0.2, 0.25) is 0 Å². The molecule has 1 aliphatic rings. The van der Waals surface area contributed by atoms with E-state index in [1.165, 1.54) is 0 Å². The molecular weight excluding hydrogens is 553 g/mol. The zero-order valence-electron chi connectivity index (χ0n) is 22.5. The van der Waals surface area contributed by atoms with Crippen molar-refractivity contribution in [2.24, 2.45) is 0 Å². The van der Waals surface area contributed by atoms with Gasteiger partial charge in [-0.05, 0) is 79.8 Å². The summed E-state index contributed by atoms with van der Waals surface area (Å²) >= 11 is 0. The van der Waals surface area contributed by atoms with E-state index in [2.05, 4.69) is 20.6 Å². The van der Waals surface area contributed by atoms with Crippen LogP contribution in [0, 0.1) is 6.92 Å². The molecule has 12 heteroatoms. The van der Waals surface area contributed by atoms with Gasteiger partial charge in [-0.15, -0.1) is 0 Å². The predicted octanol–water partition coefficient (Wildman–Crippen LogP) is 4.83. The number of phosphoric acid groups is 1. The lowest BCUT2D eigenvalue weighted by molar-refractivity contribution is 0.159. The average Bonchev–Trinajstić information content (AvgIpc) is 3.71. The molecule has 2 aromatic heterocycles. The maximum absolute atomic E-state index is 12.9. The smallest absolute Gasteiger partial charge is 0.469 e.